The van der Waals surface area contributed by atoms with Crippen LogP contribution in [0.3, 0.4) is 0 Å². The van der Waals surface area contributed by atoms with Gasteiger partial charge in [-0.25, -0.2) is 0 Å². The van der Waals surface area contributed by atoms with Crippen molar-refractivity contribution in [2.75, 3.05) is 13.1 Å². The maximum Gasteiger partial charge on any atom is 0.267 e. The van der Waals surface area contributed by atoms with Gasteiger partial charge in [-0.05, 0) is 40.0 Å². The zero-order chi connectivity index (χ0) is 18.8. The van der Waals surface area contributed by atoms with Gasteiger partial charge in [-0.2, -0.15) is 4.98 Å². The Balaban J connectivity index is 1.72. The van der Waals surface area contributed by atoms with Crippen molar-refractivity contribution in [3.63, 3.8) is 0 Å². The van der Waals surface area contributed by atoms with Crippen LogP contribution >= 0.6 is 0 Å². The number of piperidine rings is 1. The Morgan fingerprint density at radius 1 is 1.23 bits per heavy atom. The molecule has 140 valence electrons. The molecule has 0 aromatic carbocycles. The monoisotopic (exact) mass is 361 g/mol. The standard InChI is InChI=1S/C17H23N5O4/c1-10-14-15(26-20-10)19-12(3)22(17(14)25)9-13(23)18-11(2)16(24)21-7-5-4-6-8-21/h11H,4-9H2,1-3H3,(H,18,23). The smallest absolute Gasteiger partial charge is 0.267 e. The van der Waals surface area contributed by atoms with Crippen LogP contribution in [0.5, 0.6) is 0 Å². The molecule has 9 nitrogen and oxygen atoms in total. The van der Waals surface area contributed by atoms with E-state index in [0.717, 1.165) is 32.4 Å². The Morgan fingerprint density at radius 2 is 1.92 bits per heavy atom. The van der Waals surface area contributed by atoms with E-state index in [1.165, 1.54) is 4.57 Å². The number of amides is 2. The summed E-state index contributed by atoms with van der Waals surface area (Å²) in [7, 11) is 0. The quantitative estimate of drug-likeness (QED) is 0.850. The van der Waals surface area contributed by atoms with Gasteiger partial charge in [0.25, 0.3) is 11.3 Å². The largest absolute Gasteiger partial charge is 0.343 e. The summed E-state index contributed by atoms with van der Waals surface area (Å²) in [6, 6.07) is -0.634. The number of hydrogen-bond donors (Lipinski definition) is 1. The number of carbonyl (C=O) groups is 2. The summed E-state index contributed by atoms with van der Waals surface area (Å²) in [6.45, 7) is 6.17. The van der Waals surface area contributed by atoms with Gasteiger partial charge in [-0.3, -0.25) is 19.0 Å². The molecule has 3 rings (SSSR count). The lowest BCUT2D eigenvalue weighted by Crippen LogP contribution is -2.49. The Bertz CT molecular complexity index is 894. The highest BCUT2D eigenvalue weighted by Gasteiger charge is 2.24. The Labute approximate surface area is 150 Å². The molecule has 0 radical (unpaired) electrons. The van der Waals surface area contributed by atoms with Crippen LogP contribution in [0.25, 0.3) is 11.1 Å². The summed E-state index contributed by atoms with van der Waals surface area (Å²) in [4.78, 5) is 43.3. The number of hydrogen-bond acceptors (Lipinski definition) is 6. The van der Waals surface area contributed by atoms with Crippen LogP contribution in [-0.4, -0.2) is 50.6 Å². The lowest BCUT2D eigenvalue weighted by molar-refractivity contribution is -0.136. The van der Waals surface area contributed by atoms with Crippen LogP contribution in [0, 0.1) is 13.8 Å². The minimum atomic E-state index is -0.634. The molecule has 1 aliphatic heterocycles. The number of aromatic nitrogens is 3. The summed E-state index contributed by atoms with van der Waals surface area (Å²) in [5, 5.41) is 6.68. The van der Waals surface area contributed by atoms with Crippen LogP contribution in [0.2, 0.25) is 0 Å². The maximum atomic E-state index is 12.6. The van der Waals surface area contributed by atoms with E-state index in [4.69, 9.17) is 4.52 Å². The first-order valence-electron chi connectivity index (χ1n) is 8.80. The number of rotatable bonds is 4. The Hall–Kier alpha value is -2.71. The number of carbonyl (C=O) groups excluding carboxylic acids is 2. The predicted octanol–water partition coefficient (Wildman–Crippen LogP) is 0.519. The third-order valence-corrected chi connectivity index (χ3v) is 4.68. The van der Waals surface area contributed by atoms with Gasteiger partial charge >= 0.3 is 0 Å². The molecule has 1 aliphatic rings. The molecule has 1 saturated heterocycles. The van der Waals surface area contributed by atoms with Crippen molar-refractivity contribution in [1.29, 1.82) is 0 Å². The molecule has 0 spiro atoms. The molecular weight excluding hydrogens is 338 g/mol. The fourth-order valence-corrected chi connectivity index (χ4v) is 3.24. The Morgan fingerprint density at radius 3 is 2.62 bits per heavy atom. The molecule has 2 aromatic rings. The van der Waals surface area contributed by atoms with E-state index in [9.17, 15) is 14.4 Å². The fraction of sp³-hybridized carbons (Fsp3) is 0.588. The molecule has 9 heteroatoms. The predicted molar refractivity (Wildman–Crippen MR) is 93.6 cm³/mol. The summed E-state index contributed by atoms with van der Waals surface area (Å²) < 4.78 is 6.27. The van der Waals surface area contributed by atoms with Crippen molar-refractivity contribution in [1.82, 2.24) is 24.9 Å². The van der Waals surface area contributed by atoms with E-state index in [2.05, 4.69) is 15.5 Å². The van der Waals surface area contributed by atoms with E-state index in [1.807, 2.05) is 0 Å². The molecule has 0 aliphatic carbocycles. The lowest BCUT2D eigenvalue weighted by atomic mass is 10.1. The van der Waals surface area contributed by atoms with E-state index in [0.29, 0.717) is 11.5 Å². The molecular formula is C17H23N5O4. The van der Waals surface area contributed by atoms with Crippen LogP contribution < -0.4 is 10.9 Å². The number of nitrogens with one attached hydrogen (secondary N) is 1. The van der Waals surface area contributed by atoms with Gasteiger partial charge in [-0.15, -0.1) is 0 Å². The van der Waals surface area contributed by atoms with Crippen molar-refractivity contribution >= 4 is 22.9 Å². The molecule has 2 aromatic heterocycles. The third-order valence-electron chi connectivity index (χ3n) is 4.68. The second kappa shape index (κ2) is 7.27. The van der Waals surface area contributed by atoms with Crippen molar-refractivity contribution in [3.05, 3.63) is 21.9 Å². The molecule has 3 heterocycles. The molecule has 2 amide bonds. The molecule has 0 bridgehead atoms. The highest BCUT2D eigenvalue weighted by molar-refractivity contribution is 5.87. The van der Waals surface area contributed by atoms with Crippen molar-refractivity contribution in [3.8, 4) is 0 Å². The normalized spacial score (nSPS) is 15.9. The van der Waals surface area contributed by atoms with Crippen LogP contribution in [0.4, 0.5) is 0 Å². The van der Waals surface area contributed by atoms with E-state index >= 15 is 0 Å². The van der Waals surface area contributed by atoms with Gasteiger partial charge < -0.3 is 14.7 Å². The maximum absolute atomic E-state index is 12.6. The van der Waals surface area contributed by atoms with E-state index in [1.54, 1.807) is 25.7 Å². The van der Waals surface area contributed by atoms with Gasteiger partial charge in [-0.1, -0.05) is 5.16 Å². The minimum Gasteiger partial charge on any atom is -0.343 e. The SMILES string of the molecule is Cc1noc2nc(C)n(CC(=O)NC(C)C(=O)N3CCCCC3)c(=O)c12. The first-order valence-corrected chi connectivity index (χ1v) is 8.80. The van der Waals surface area contributed by atoms with Crippen molar-refractivity contribution in [2.24, 2.45) is 0 Å². The summed E-state index contributed by atoms with van der Waals surface area (Å²) in [6.07, 6.45) is 3.11. The summed E-state index contributed by atoms with van der Waals surface area (Å²) in [5.41, 5.74) is 0.215. The summed E-state index contributed by atoms with van der Waals surface area (Å²) >= 11 is 0. The number of fused-ring (bicyclic) bond motifs is 1. The van der Waals surface area contributed by atoms with Gasteiger partial charge in [0.05, 0.1) is 5.69 Å². The fourth-order valence-electron chi connectivity index (χ4n) is 3.24. The van der Waals surface area contributed by atoms with Crippen LogP contribution in [0.15, 0.2) is 9.32 Å². The minimum absolute atomic E-state index is 0.0921. The van der Waals surface area contributed by atoms with Crippen LogP contribution in [-0.2, 0) is 16.1 Å². The van der Waals surface area contributed by atoms with Gasteiger partial charge in [0, 0.05) is 13.1 Å². The second-order valence-corrected chi connectivity index (χ2v) is 6.67. The first kappa shape index (κ1) is 18.1. The molecule has 1 fully saturated rings. The highest BCUT2D eigenvalue weighted by atomic mass is 16.5. The Kier molecular flexibility index (Phi) is 5.06. The van der Waals surface area contributed by atoms with E-state index in [-0.39, 0.29) is 29.1 Å². The number of nitrogens with zero attached hydrogens (tertiary/aromatic N) is 4. The molecule has 1 N–H and O–H groups in total. The van der Waals surface area contributed by atoms with E-state index < -0.39 is 11.9 Å². The topological polar surface area (TPSA) is 110 Å². The van der Waals surface area contributed by atoms with Gasteiger partial charge in [0.15, 0.2) is 0 Å². The first-order chi connectivity index (χ1) is 12.4. The molecule has 26 heavy (non-hydrogen) atoms. The zero-order valence-corrected chi connectivity index (χ0v) is 15.2. The number of aryl methyl sites for hydroxylation is 2. The van der Waals surface area contributed by atoms with Crippen LogP contribution in [0.1, 0.15) is 37.7 Å². The summed E-state index contributed by atoms with van der Waals surface area (Å²) in [5.74, 6) is -0.155. The third kappa shape index (κ3) is 3.47. The highest BCUT2D eigenvalue weighted by Crippen LogP contribution is 2.12. The van der Waals surface area contributed by atoms with Crippen molar-refractivity contribution in [2.45, 2.75) is 52.6 Å². The van der Waals surface area contributed by atoms with Gasteiger partial charge in [0.2, 0.25) is 11.8 Å². The molecule has 1 atom stereocenters. The number of likely N-dealkylation sites (tertiary alicyclic amines) is 1. The average molecular weight is 361 g/mol. The van der Waals surface area contributed by atoms with Gasteiger partial charge in [0.1, 0.15) is 23.8 Å². The molecule has 0 saturated carbocycles. The molecule has 1 unspecified atom stereocenters. The van der Waals surface area contributed by atoms with Crippen molar-refractivity contribution < 1.29 is 14.1 Å². The average Bonchev–Trinajstić information content (AvgIpc) is 2.99. The second-order valence-electron chi connectivity index (χ2n) is 6.67. The zero-order valence-electron chi connectivity index (χ0n) is 15.2. The lowest BCUT2D eigenvalue weighted by Gasteiger charge is -2.29.